The number of benzene rings is 2. The minimum absolute atomic E-state index is 0.678. The number of hydrogen-bond acceptors (Lipinski definition) is 4. The molecule has 1 fully saturated rings. The van der Waals surface area contributed by atoms with E-state index in [0.717, 1.165) is 18.2 Å². The van der Waals surface area contributed by atoms with Crippen LogP contribution in [0.25, 0.3) is 0 Å². The highest BCUT2D eigenvalue weighted by Crippen LogP contribution is 2.46. The van der Waals surface area contributed by atoms with Gasteiger partial charge in [0.2, 0.25) is 0 Å². The standard InChI is InChI=1S/C22H27NO.CH4O3S/c1-3-23-15-21-19-12-10-18(24-2)14-17(19)9-11-20(21)22(23)13-16-7-5-4-6-8-16;1-5(2,3)4/h4-8,10,12,14,20-22H,3,9,11,13,15H2,1-2H3;1H3,(H,2,3,4)/t20?,21-,22-;/m1./s1. The number of methoxy groups -OCH3 is 1. The molecular weight excluding hydrogens is 386 g/mol. The molecule has 29 heavy (non-hydrogen) atoms. The van der Waals surface area contributed by atoms with Crippen LogP contribution in [0.15, 0.2) is 48.5 Å². The van der Waals surface area contributed by atoms with Gasteiger partial charge in [-0.2, -0.15) is 8.42 Å². The molecule has 6 heteroatoms. The SMILES string of the molecule is CCN1C[C@@H]2c3ccc(OC)cc3CCC2[C@H]1Cc1ccccc1.CS(=O)(=O)O. The summed E-state index contributed by atoms with van der Waals surface area (Å²) in [5.41, 5.74) is 4.55. The van der Waals surface area contributed by atoms with Crippen LogP contribution < -0.4 is 4.74 Å². The van der Waals surface area contributed by atoms with Crippen molar-refractivity contribution in [3.05, 3.63) is 65.2 Å². The Balaban J connectivity index is 0.000000431. The van der Waals surface area contributed by atoms with Crippen LogP contribution in [0.2, 0.25) is 0 Å². The van der Waals surface area contributed by atoms with E-state index in [4.69, 9.17) is 9.29 Å². The van der Waals surface area contributed by atoms with Crippen LogP contribution in [0.3, 0.4) is 0 Å². The molecule has 0 saturated carbocycles. The van der Waals surface area contributed by atoms with Gasteiger partial charge in [0, 0.05) is 18.5 Å². The average Bonchev–Trinajstić information content (AvgIpc) is 3.05. The maximum Gasteiger partial charge on any atom is 0.261 e. The minimum atomic E-state index is -3.67. The lowest BCUT2D eigenvalue weighted by Gasteiger charge is -2.32. The third kappa shape index (κ3) is 5.59. The van der Waals surface area contributed by atoms with Crippen molar-refractivity contribution in [2.24, 2.45) is 5.92 Å². The fourth-order valence-electron chi connectivity index (χ4n) is 4.89. The van der Waals surface area contributed by atoms with Gasteiger partial charge in [0.15, 0.2) is 0 Å². The molecule has 2 aromatic rings. The van der Waals surface area contributed by atoms with Crippen LogP contribution in [-0.4, -0.2) is 50.4 Å². The lowest BCUT2D eigenvalue weighted by atomic mass is 9.73. The molecule has 5 nitrogen and oxygen atoms in total. The molecule has 0 spiro atoms. The predicted molar refractivity (Wildman–Crippen MR) is 116 cm³/mol. The summed E-state index contributed by atoms with van der Waals surface area (Å²) in [6.45, 7) is 4.66. The smallest absolute Gasteiger partial charge is 0.261 e. The van der Waals surface area contributed by atoms with Gasteiger partial charge in [-0.3, -0.25) is 9.45 Å². The predicted octanol–water partition coefficient (Wildman–Crippen LogP) is 3.79. The van der Waals surface area contributed by atoms with E-state index in [9.17, 15) is 8.42 Å². The highest BCUT2D eigenvalue weighted by molar-refractivity contribution is 7.85. The van der Waals surface area contributed by atoms with Gasteiger partial charge in [-0.1, -0.05) is 43.3 Å². The summed E-state index contributed by atoms with van der Waals surface area (Å²) in [4.78, 5) is 2.71. The van der Waals surface area contributed by atoms with Gasteiger partial charge in [0.25, 0.3) is 10.1 Å². The number of rotatable bonds is 4. The minimum Gasteiger partial charge on any atom is -0.497 e. The normalized spacial score (nSPS) is 23.5. The molecule has 1 heterocycles. The molecule has 0 aromatic heterocycles. The zero-order valence-corrected chi connectivity index (χ0v) is 18.2. The lowest BCUT2D eigenvalue weighted by Crippen LogP contribution is -2.35. The van der Waals surface area contributed by atoms with E-state index < -0.39 is 10.1 Å². The second-order valence-corrected chi connectivity index (χ2v) is 9.42. The third-order valence-electron chi connectivity index (χ3n) is 6.10. The Morgan fingerprint density at radius 2 is 1.86 bits per heavy atom. The number of likely N-dealkylation sites (N-methyl/N-ethyl adjacent to an activating group) is 1. The number of ether oxygens (including phenoxy) is 1. The van der Waals surface area contributed by atoms with Crippen molar-refractivity contribution in [2.75, 3.05) is 26.5 Å². The number of likely N-dealkylation sites (tertiary alicyclic amines) is 1. The summed E-state index contributed by atoms with van der Waals surface area (Å²) in [5, 5.41) is 0. The van der Waals surface area contributed by atoms with Gasteiger partial charge in [0.1, 0.15) is 5.75 Å². The Bertz CT molecular complexity index is 906. The molecule has 1 N–H and O–H groups in total. The summed E-state index contributed by atoms with van der Waals surface area (Å²) in [7, 11) is -1.91. The van der Waals surface area contributed by atoms with Gasteiger partial charge in [-0.25, -0.2) is 0 Å². The first-order valence-corrected chi connectivity index (χ1v) is 12.0. The monoisotopic (exact) mass is 417 g/mol. The van der Waals surface area contributed by atoms with Gasteiger partial charge in [0.05, 0.1) is 13.4 Å². The highest BCUT2D eigenvalue weighted by atomic mass is 32.2. The first-order valence-electron chi connectivity index (χ1n) is 10.2. The van der Waals surface area contributed by atoms with Crippen molar-refractivity contribution in [2.45, 2.75) is 38.1 Å². The quantitative estimate of drug-likeness (QED) is 0.767. The molecule has 0 bridgehead atoms. The number of nitrogens with zero attached hydrogens (tertiary/aromatic N) is 1. The third-order valence-corrected chi connectivity index (χ3v) is 6.10. The van der Waals surface area contributed by atoms with Crippen LogP contribution >= 0.6 is 0 Å². The van der Waals surface area contributed by atoms with Crippen LogP contribution in [0.5, 0.6) is 5.75 Å². The van der Waals surface area contributed by atoms with Crippen LogP contribution in [0.4, 0.5) is 0 Å². The topological polar surface area (TPSA) is 66.8 Å². The summed E-state index contributed by atoms with van der Waals surface area (Å²) < 4.78 is 31.3. The summed E-state index contributed by atoms with van der Waals surface area (Å²) in [6, 6.07) is 18.4. The Morgan fingerprint density at radius 3 is 2.48 bits per heavy atom. The average molecular weight is 418 g/mol. The molecule has 1 aliphatic carbocycles. The van der Waals surface area contributed by atoms with Gasteiger partial charge < -0.3 is 4.74 Å². The zero-order chi connectivity index (χ0) is 21.0. The van der Waals surface area contributed by atoms with E-state index in [0.29, 0.717) is 18.2 Å². The highest BCUT2D eigenvalue weighted by Gasteiger charge is 2.43. The van der Waals surface area contributed by atoms with Crippen molar-refractivity contribution in [3.63, 3.8) is 0 Å². The van der Waals surface area contributed by atoms with Crippen molar-refractivity contribution in [1.29, 1.82) is 0 Å². The van der Waals surface area contributed by atoms with E-state index in [1.165, 1.54) is 36.9 Å². The van der Waals surface area contributed by atoms with E-state index in [1.54, 1.807) is 12.7 Å². The van der Waals surface area contributed by atoms with Gasteiger partial charge in [-0.15, -0.1) is 0 Å². The molecule has 2 aliphatic rings. The van der Waals surface area contributed by atoms with E-state index in [1.807, 2.05) is 0 Å². The first-order chi connectivity index (χ1) is 13.8. The molecule has 2 aromatic carbocycles. The Labute approximate surface area is 174 Å². The molecule has 1 saturated heterocycles. The number of fused-ring (bicyclic) bond motifs is 3. The summed E-state index contributed by atoms with van der Waals surface area (Å²) in [5.74, 6) is 2.47. The zero-order valence-electron chi connectivity index (χ0n) is 17.4. The van der Waals surface area contributed by atoms with E-state index >= 15 is 0 Å². The fourth-order valence-corrected chi connectivity index (χ4v) is 4.89. The molecule has 0 amide bonds. The maximum absolute atomic E-state index is 9.19. The van der Waals surface area contributed by atoms with E-state index in [-0.39, 0.29) is 0 Å². The van der Waals surface area contributed by atoms with Crippen molar-refractivity contribution < 1.29 is 17.7 Å². The maximum atomic E-state index is 9.19. The fraction of sp³-hybridized carbons (Fsp3) is 0.478. The molecule has 3 atom stereocenters. The van der Waals surface area contributed by atoms with Crippen LogP contribution in [0.1, 0.15) is 36.0 Å². The van der Waals surface area contributed by atoms with Crippen molar-refractivity contribution >= 4 is 10.1 Å². The van der Waals surface area contributed by atoms with Crippen molar-refractivity contribution in [3.8, 4) is 5.75 Å². The van der Waals surface area contributed by atoms with Gasteiger partial charge >= 0.3 is 0 Å². The Hall–Kier alpha value is -1.89. The second kappa shape index (κ2) is 9.28. The van der Waals surface area contributed by atoms with Crippen molar-refractivity contribution in [1.82, 2.24) is 4.90 Å². The van der Waals surface area contributed by atoms with E-state index in [2.05, 4.69) is 60.4 Å². The largest absolute Gasteiger partial charge is 0.497 e. The number of hydrogen-bond donors (Lipinski definition) is 1. The molecule has 0 radical (unpaired) electrons. The second-order valence-electron chi connectivity index (χ2n) is 7.95. The van der Waals surface area contributed by atoms with Crippen LogP contribution in [-0.2, 0) is 23.0 Å². The molecule has 4 rings (SSSR count). The summed E-state index contributed by atoms with van der Waals surface area (Å²) >= 11 is 0. The summed E-state index contributed by atoms with van der Waals surface area (Å²) in [6.07, 6.45) is 4.39. The molecular formula is C23H31NO4S. The molecule has 1 aliphatic heterocycles. The van der Waals surface area contributed by atoms with Crippen LogP contribution in [0, 0.1) is 5.92 Å². The Morgan fingerprint density at radius 1 is 1.17 bits per heavy atom. The lowest BCUT2D eigenvalue weighted by molar-refractivity contribution is 0.228. The number of aryl methyl sites for hydroxylation is 1. The first kappa shape index (κ1) is 21.8. The van der Waals surface area contributed by atoms with Gasteiger partial charge in [-0.05, 0) is 60.5 Å². The molecule has 158 valence electrons. The molecule has 1 unspecified atom stereocenters. The Kier molecular flexibility index (Phi) is 6.98.